The number of benzene rings is 1. The van der Waals surface area contributed by atoms with Gasteiger partial charge in [0.25, 0.3) is 11.8 Å². The Morgan fingerprint density at radius 3 is 2.32 bits per heavy atom. The molecule has 1 aromatic rings. The van der Waals surface area contributed by atoms with E-state index in [0.717, 1.165) is 4.90 Å². The SMILES string of the molecule is CN(C)Cc1ccc(NC(=O)CNC(=O)CNC(=O)CCOCCN2C(=O)C=CC2=O)cc1C(O)N=O. The van der Waals surface area contributed by atoms with Gasteiger partial charge >= 0.3 is 0 Å². The van der Waals surface area contributed by atoms with Crippen molar-refractivity contribution in [3.05, 3.63) is 46.4 Å². The van der Waals surface area contributed by atoms with Crippen molar-refractivity contribution in [2.75, 3.05) is 52.3 Å². The summed E-state index contributed by atoms with van der Waals surface area (Å²) in [5, 5.41) is 19.8. The van der Waals surface area contributed by atoms with Crippen molar-refractivity contribution in [2.45, 2.75) is 19.2 Å². The summed E-state index contributed by atoms with van der Waals surface area (Å²) in [6.07, 6.45) is 0.712. The first-order chi connectivity index (χ1) is 17.6. The third kappa shape index (κ3) is 9.87. The number of hydrogen-bond acceptors (Lipinski definition) is 10. The minimum Gasteiger partial charge on any atom is -0.379 e. The van der Waals surface area contributed by atoms with Crippen molar-refractivity contribution in [1.82, 2.24) is 20.4 Å². The van der Waals surface area contributed by atoms with Crippen molar-refractivity contribution in [2.24, 2.45) is 5.18 Å². The van der Waals surface area contributed by atoms with E-state index in [4.69, 9.17) is 4.74 Å². The minimum atomic E-state index is -1.59. The fourth-order valence-electron chi connectivity index (χ4n) is 3.24. The fourth-order valence-corrected chi connectivity index (χ4v) is 3.24. The van der Waals surface area contributed by atoms with Crippen molar-refractivity contribution in [1.29, 1.82) is 0 Å². The number of carbonyl (C=O) groups is 5. The van der Waals surface area contributed by atoms with Gasteiger partial charge in [0.15, 0.2) is 0 Å². The molecule has 0 saturated carbocycles. The van der Waals surface area contributed by atoms with E-state index in [-0.39, 0.29) is 44.8 Å². The van der Waals surface area contributed by atoms with Crippen molar-refractivity contribution in [3.8, 4) is 0 Å². The first kappa shape index (κ1) is 29.2. The second-order valence-corrected chi connectivity index (χ2v) is 8.26. The van der Waals surface area contributed by atoms with E-state index >= 15 is 0 Å². The number of nitrogens with zero attached hydrogens (tertiary/aromatic N) is 3. The number of anilines is 1. The minimum absolute atomic E-state index is 0.0309. The van der Waals surface area contributed by atoms with Gasteiger partial charge in [-0.3, -0.25) is 28.9 Å². The van der Waals surface area contributed by atoms with Gasteiger partial charge in [0, 0.05) is 36.4 Å². The highest BCUT2D eigenvalue weighted by atomic mass is 16.5. The Bertz CT molecular complexity index is 1040. The van der Waals surface area contributed by atoms with Crippen LogP contribution in [0.25, 0.3) is 0 Å². The molecular formula is C23H30N6O8. The number of ether oxygens (including phenoxy) is 1. The summed E-state index contributed by atoms with van der Waals surface area (Å²) >= 11 is 0. The highest BCUT2D eigenvalue weighted by Crippen LogP contribution is 2.24. The molecule has 4 N–H and O–H groups in total. The average Bonchev–Trinajstić information content (AvgIpc) is 3.18. The van der Waals surface area contributed by atoms with Crippen molar-refractivity contribution >= 4 is 35.2 Å². The standard InChI is InChI=1S/C23H30N6O8/c1-28(2)14-15-3-4-16(11-17(15)23(35)27-36)26-20(32)13-25-19(31)12-24-18(30)7-9-37-10-8-29-21(33)5-6-22(29)34/h3-6,11,23,35H,7-10,12-14H2,1-2H3,(H,24,30)(H,25,31)(H,26,32). The quantitative estimate of drug-likeness (QED) is 0.128. The predicted molar refractivity (Wildman–Crippen MR) is 131 cm³/mol. The van der Waals surface area contributed by atoms with E-state index in [9.17, 15) is 34.0 Å². The van der Waals surface area contributed by atoms with Gasteiger partial charge in [0.2, 0.25) is 23.9 Å². The van der Waals surface area contributed by atoms with E-state index in [1.807, 2.05) is 19.0 Å². The number of amides is 5. The molecule has 200 valence electrons. The third-order valence-electron chi connectivity index (χ3n) is 5.02. The van der Waals surface area contributed by atoms with Crippen LogP contribution in [0.2, 0.25) is 0 Å². The maximum Gasteiger partial charge on any atom is 0.253 e. The van der Waals surface area contributed by atoms with Gasteiger partial charge in [-0.1, -0.05) is 6.07 Å². The number of nitroso groups, excluding NO2 is 1. The Balaban J connectivity index is 1.66. The zero-order chi connectivity index (χ0) is 27.4. The molecule has 0 saturated heterocycles. The molecule has 1 atom stereocenters. The highest BCUT2D eigenvalue weighted by Gasteiger charge is 2.22. The fraction of sp³-hybridized carbons (Fsp3) is 0.435. The number of aliphatic hydroxyl groups is 1. The van der Waals surface area contributed by atoms with Crippen LogP contribution in [0.1, 0.15) is 23.8 Å². The van der Waals surface area contributed by atoms with E-state index in [2.05, 4.69) is 21.1 Å². The first-order valence-corrected chi connectivity index (χ1v) is 11.3. The van der Waals surface area contributed by atoms with E-state index in [1.165, 1.54) is 18.2 Å². The molecular weight excluding hydrogens is 488 g/mol. The van der Waals surface area contributed by atoms with Crippen LogP contribution in [-0.4, -0.2) is 91.4 Å². The lowest BCUT2D eigenvalue weighted by molar-refractivity contribution is -0.138. The number of carbonyl (C=O) groups excluding carboxylic acids is 5. The zero-order valence-corrected chi connectivity index (χ0v) is 20.6. The van der Waals surface area contributed by atoms with Crippen molar-refractivity contribution in [3.63, 3.8) is 0 Å². The van der Waals surface area contributed by atoms with Crippen LogP contribution in [0.4, 0.5) is 5.69 Å². The number of hydrogen-bond donors (Lipinski definition) is 4. The van der Waals surface area contributed by atoms with Crippen LogP contribution >= 0.6 is 0 Å². The van der Waals surface area contributed by atoms with Crippen LogP contribution in [0.15, 0.2) is 35.5 Å². The first-order valence-electron chi connectivity index (χ1n) is 11.3. The second kappa shape index (κ2) is 14.5. The Hall–Kier alpha value is -4.01. The summed E-state index contributed by atoms with van der Waals surface area (Å²) in [6, 6.07) is 4.68. The molecule has 0 bridgehead atoms. The molecule has 14 nitrogen and oxygen atoms in total. The van der Waals surface area contributed by atoms with Crippen molar-refractivity contribution < 1.29 is 33.8 Å². The maximum absolute atomic E-state index is 12.2. The summed E-state index contributed by atoms with van der Waals surface area (Å²) in [4.78, 5) is 72.4. The monoisotopic (exact) mass is 518 g/mol. The van der Waals surface area contributed by atoms with Gasteiger partial charge in [0.1, 0.15) is 0 Å². The summed E-state index contributed by atoms with van der Waals surface area (Å²) in [5.74, 6) is -2.43. The Morgan fingerprint density at radius 2 is 1.68 bits per heavy atom. The van der Waals surface area contributed by atoms with Gasteiger partial charge in [0.05, 0.1) is 32.8 Å². The lowest BCUT2D eigenvalue weighted by atomic mass is 10.0. The van der Waals surface area contributed by atoms with Gasteiger partial charge in [-0.2, -0.15) is 0 Å². The topological polar surface area (TPSA) is 187 Å². The van der Waals surface area contributed by atoms with Crippen LogP contribution in [0.3, 0.4) is 0 Å². The molecule has 0 aliphatic carbocycles. The molecule has 1 heterocycles. The predicted octanol–water partition coefficient (Wildman–Crippen LogP) is -0.992. The molecule has 0 spiro atoms. The number of imide groups is 1. The van der Waals surface area contributed by atoms with Gasteiger partial charge in [-0.15, -0.1) is 4.91 Å². The molecule has 1 aliphatic rings. The molecule has 1 unspecified atom stereocenters. The van der Waals surface area contributed by atoms with Crippen LogP contribution in [0, 0.1) is 4.91 Å². The second-order valence-electron chi connectivity index (χ2n) is 8.26. The zero-order valence-electron chi connectivity index (χ0n) is 20.6. The molecule has 0 aromatic heterocycles. The third-order valence-corrected chi connectivity index (χ3v) is 5.02. The largest absolute Gasteiger partial charge is 0.379 e. The van der Waals surface area contributed by atoms with Gasteiger partial charge in [-0.05, 0) is 37.0 Å². The number of aliphatic hydroxyl groups excluding tert-OH is 1. The maximum atomic E-state index is 12.2. The summed E-state index contributed by atoms with van der Waals surface area (Å²) in [6.45, 7) is -0.0933. The Morgan fingerprint density at radius 1 is 1.03 bits per heavy atom. The normalized spacial score (nSPS) is 13.6. The molecule has 1 aliphatic heterocycles. The molecule has 2 rings (SSSR count). The molecule has 37 heavy (non-hydrogen) atoms. The summed E-state index contributed by atoms with van der Waals surface area (Å²) < 4.78 is 5.23. The van der Waals surface area contributed by atoms with Gasteiger partial charge < -0.3 is 30.7 Å². The number of nitrogens with one attached hydrogen (secondary N) is 3. The van der Waals surface area contributed by atoms with E-state index in [0.29, 0.717) is 17.8 Å². The lowest BCUT2D eigenvalue weighted by Gasteiger charge is -2.16. The summed E-state index contributed by atoms with van der Waals surface area (Å²) in [5.41, 5.74) is 1.23. The van der Waals surface area contributed by atoms with Gasteiger partial charge in [-0.25, -0.2) is 0 Å². The summed E-state index contributed by atoms with van der Waals surface area (Å²) in [7, 11) is 3.64. The highest BCUT2D eigenvalue weighted by molar-refractivity contribution is 6.12. The average molecular weight is 519 g/mol. The smallest absolute Gasteiger partial charge is 0.253 e. The Labute approximate surface area is 213 Å². The molecule has 5 amide bonds. The molecule has 0 radical (unpaired) electrons. The molecule has 0 fully saturated rings. The van der Waals surface area contributed by atoms with Crippen LogP contribution < -0.4 is 16.0 Å². The molecule has 1 aromatic carbocycles. The van der Waals surface area contributed by atoms with Crippen LogP contribution in [0.5, 0.6) is 0 Å². The van der Waals surface area contributed by atoms with E-state index in [1.54, 1.807) is 12.1 Å². The number of rotatable bonds is 15. The Kier molecular flexibility index (Phi) is 11.5. The van der Waals surface area contributed by atoms with E-state index < -0.39 is 35.8 Å². The van der Waals surface area contributed by atoms with Crippen LogP contribution in [-0.2, 0) is 35.3 Å². The molecule has 14 heteroatoms. The lowest BCUT2D eigenvalue weighted by Crippen LogP contribution is -2.40.